The molecule has 0 aromatic heterocycles. The molecule has 1 fully saturated rings. The number of amides is 5. The molecule has 148 valence electrons. The van der Waals surface area contributed by atoms with Gasteiger partial charge in [0.1, 0.15) is 0 Å². The average molecular weight is 401 g/mol. The Morgan fingerprint density at radius 2 is 1.89 bits per heavy atom. The lowest BCUT2D eigenvalue weighted by Gasteiger charge is -2.16. The van der Waals surface area contributed by atoms with Crippen molar-refractivity contribution in [2.45, 2.75) is 38.4 Å². The molecule has 7 nitrogen and oxygen atoms in total. The van der Waals surface area contributed by atoms with Crippen molar-refractivity contribution in [2.75, 3.05) is 13.1 Å². The quantitative estimate of drug-likeness (QED) is 0.763. The maximum absolute atomic E-state index is 12.3. The van der Waals surface area contributed by atoms with Gasteiger partial charge in [-0.3, -0.25) is 24.6 Å². The van der Waals surface area contributed by atoms with Crippen LogP contribution in [0.15, 0.2) is 35.4 Å². The number of nitrogens with zero attached hydrogens (tertiary/aromatic N) is 1. The zero-order valence-corrected chi connectivity index (χ0v) is 16.7. The van der Waals surface area contributed by atoms with E-state index in [0.717, 1.165) is 34.0 Å². The van der Waals surface area contributed by atoms with E-state index in [4.69, 9.17) is 0 Å². The van der Waals surface area contributed by atoms with Gasteiger partial charge in [-0.05, 0) is 42.9 Å². The van der Waals surface area contributed by atoms with Crippen LogP contribution in [0.25, 0.3) is 0 Å². The molecule has 0 saturated carbocycles. The summed E-state index contributed by atoms with van der Waals surface area (Å²) in [5.41, 5.74) is 3.70. The lowest BCUT2D eigenvalue weighted by molar-refractivity contribution is -0.123. The molecule has 1 aromatic rings. The van der Waals surface area contributed by atoms with E-state index in [1.165, 1.54) is 4.90 Å². The summed E-state index contributed by atoms with van der Waals surface area (Å²) < 4.78 is 0. The van der Waals surface area contributed by atoms with E-state index in [0.29, 0.717) is 32.4 Å². The normalized spacial score (nSPS) is 19.4. The summed E-state index contributed by atoms with van der Waals surface area (Å²) in [6, 6.07) is 7.39. The molecule has 8 heteroatoms. The molecule has 1 atom stereocenters. The highest BCUT2D eigenvalue weighted by Gasteiger charge is 2.32. The van der Waals surface area contributed by atoms with Crippen molar-refractivity contribution in [3.8, 4) is 0 Å². The number of thioether (sulfide) groups is 1. The van der Waals surface area contributed by atoms with Crippen molar-refractivity contribution >= 4 is 34.8 Å². The molecule has 1 aromatic carbocycles. The van der Waals surface area contributed by atoms with Crippen LogP contribution in [0.5, 0.6) is 0 Å². The largest absolute Gasteiger partial charge is 0.337 e. The summed E-state index contributed by atoms with van der Waals surface area (Å²) in [6.07, 6.45) is 1.77. The number of carbonyl (C=O) groups is 4. The van der Waals surface area contributed by atoms with Gasteiger partial charge in [0.25, 0.3) is 11.1 Å². The Morgan fingerprint density at radius 3 is 2.46 bits per heavy atom. The van der Waals surface area contributed by atoms with Crippen LogP contribution in [0.3, 0.4) is 0 Å². The molecule has 2 heterocycles. The summed E-state index contributed by atoms with van der Waals surface area (Å²) in [5.74, 6) is -0.441. The minimum absolute atomic E-state index is 0.200. The van der Waals surface area contributed by atoms with Gasteiger partial charge < -0.3 is 5.32 Å². The minimum Gasteiger partial charge on any atom is -0.337 e. The van der Waals surface area contributed by atoms with E-state index >= 15 is 0 Å². The van der Waals surface area contributed by atoms with E-state index in [2.05, 4.69) is 10.6 Å². The fraction of sp³-hybridized carbons (Fsp3) is 0.400. The van der Waals surface area contributed by atoms with Crippen LogP contribution in [-0.2, 0) is 22.4 Å². The molecule has 2 aliphatic heterocycles. The Balaban J connectivity index is 1.45. The number of nitrogens with one attached hydrogen (secondary N) is 2. The van der Waals surface area contributed by atoms with Gasteiger partial charge in [-0.2, -0.15) is 0 Å². The van der Waals surface area contributed by atoms with Crippen LogP contribution in [0, 0.1) is 0 Å². The van der Waals surface area contributed by atoms with Crippen LogP contribution >= 0.6 is 11.8 Å². The lowest BCUT2D eigenvalue weighted by Crippen LogP contribution is -2.42. The molecule has 2 aliphatic rings. The van der Waals surface area contributed by atoms with E-state index in [1.807, 2.05) is 38.1 Å². The minimum atomic E-state index is -0.374. The van der Waals surface area contributed by atoms with Crippen LogP contribution in [-0.4, -0.2) is 46.3 Å². The summed E-state index contributed by atoms with van der Waals surface area (Å²) in [4.78, 5) is 48.6. The second-order valence-electron chi connectivity index (χ2n) is 6.89. The molecule has 5 amide bonds. The highest BCUT2D eigenvalue weighted by atomic mass is 32.2. The zero-order valence-electron chi connectivity index (χ0n) is 15.9. The van der Waals surface area contributed by atoms with Gasteiger partial charge in [-0.1, -0.05) is 43.0 Å². The molecule has 1 saturated heterocycles. The first-order chi connectivity index (χ1) is 13.4. The number of carbonyl (C=O) groups excluding carboxylic acids is 4. The van der Waals surface area contributed by atoms with Gasteiger partial charge in [0.2, 0.25) is 5.91 Å². The van der Waals surface area contributed by atoms with Crippen molar-refractivity contribution in [2.24, 2.45) is 0 Å². The molecule has 0 radical (unpaired) electrons. The summed E-state index contributed by atoms with van der Waals surface area (Å²) >= 11 is 1.02. The third-order valence-corrected chi connectivity index (χ3v) is 5.89. The maximum Gasteiger partial charge on any atom is 0.324 e. The van der Waals surface area contributed by atoms with Crippen molar-refractivity contribution in [1.82, 2.24) is 15.5 Å². The first kappa shape index (κ1) is 20.1. The first-order valence-electron chi connectivity index (χ1n) is 9.26. The summed E-state index contributed by atoms with van der Waals surface area (Å²) in [7, 11) is 0. The van der Waals surface area contributed by atoms with Crippen LogP contribution in [0.4, 0.5) is 9.59 Å². The van der Waals surface area contributed by atoms with Gasteiger partial charge in [0.05, 0.1) is 11.8 Å². The Hall–Kier alpha value is -2.61. The zero-order chi connectivity index (χ0) is 20.3. The number of benzene rings is 1. The maximum atomic E-state index is 12.3. The van der Waals surface area contributed by atoms with Crippen LogP contribution < -0.4 is 10.6 Å². The first-order valence-corrected chi connectivity index (χ1v) is 10.1. The van der Waals surface area contributed by atoms with Crippen molar-refractivity contribution in [3.05, 3.63) is 46.5 Å². The highest BCUT2D eigenvalue weighted by Crippen LogP contribution is 2.23. The highest BCUT2D eigenvalue weighted by molar-refractivity contribution is 8.15. The van der Waals surface area contributed by atoms with Gasteiger partial charge in [0.15, 0.2) is 0 Å². The number of urea groups is 1. The number of imide groups is 2. The Bertz CT molecular complexity index is 848. The van der Waals surface area contributed by atoms with Crippen LogP contribution in [0.2, 0.25) is 0 Å². The molecule has 1 unspecified atom stereocenters. The van der Waals surface area contributed by atoms with Crippen LogP contribution in [0.1, 0.15) is 31.4 Å². The van der Waals surface area contributed by atoms with Crippen molar-refractivity contribution in [3.63, 3.8) is 0 Å². The van der Waals surface area contributed by atoms with E-state index < -0.39 is 0 Å². The molecular formula is C20H23N3O4S. The van der Waals surface area contributed by atoms with Crippen molar-refractivity contribution in [1.29, 1.82) is 0 Å². The predicted molar refractivity (Wildman–Crippen MR) is 107 cm³/mol. The van der Waals surface area contributed by atoms with Gasteiger partial charge >= 0.3 is 6.03 Å². The molecule has 3 rings (SSSR count). The molecular weight excluding hydrogens is 378 g/mol. The van der Waals surface area contributed by atoms with Gasteiger partial charge in [-0.25, -0.2) is 4.79 Å². The average Bonchev–Trinajstić information content (AvgIpc) is 3.13. The molecule has 0 bridgehead atoms. The molecule has 2 N–H and O–H groups in total. The summed E-state index contributed by atoms with van der Waals surface area (Å²) in [6.45, 7) is 4.59. The lowest BCUT2D eigenvalue weighted by atomic mass is 10.1. The smallest absolute Gasteiger partial charge is 0.324 e. The monoisotopic (exact) mass is 401 g/mol. The number of hydrogen-bond acceptors (Lipinski definition) is 5. The second-order valence-corrected chi connectivity index (χ2v) is 8.07. The standard InChI is InChI=1S/C20H23N3O4S/c1-3-15-12(2)11-23(18(15)25)19(26)21-9-8-13-4-6-14(7-5-13)10-16-17(24)22-20(27)28-16/h4-7,16H,3,8-11H2,1-2H3,(H,21,26)(H,22,24,27). The van der Waals surface area contributed by atoms with E-state index in [1.54, 1.807) is 0 Å². The van der Waals surface area contributed by atoms with E-state index in [-0.39, 0.29) is 28.3 Å². The topological polar surface area (TPSA) is 95.6 Å². The second kappa shape index (κ2) is 8.60. The Morgan fingerprint density at radius 1 is 1.21 bits per heavy atom. The van der Waals surface area contributed by atoms with Gasteiger partial charge in [0, 0.05) is 12.1 Å². The summed E-state index contributed by atoms with van der Waals surface area (Å²) in [5, 5.41) is 4.41. The molecule has 0 spiro atoms. The molecule has 0 aliphatic carbocycles. The van der Waals surface area contributed by atoms with Gasteiger partial charge in [-0.15, -0.1) is 0 Å². The SMILES string of the molecule is CCC1=C(C)CN(C(=O)NCCc2ccc(CC3SC(=O)NC3=O)cc2)C1=O. The Kier molecular flexibility index (Phi) is 6.18. The Labute approximate surface area is 167 Å². The third kappa shape index (κ3) is 4.44. The fourth-order valence-corrected chi connectivity index (χ4v) is 4.22. The van der Waals surface area contributed by atoms with E-state index in [9.17, 15) is 19.2 Å². The number of rotatable bonds is 6. The third-order valence-electron chi connectivity index (χ3n) is 4.91. The number of hydrogen-bond donors (Lipinski definition) is 2. The molecule has 28 heavy (non-hydrogen) atoms. The predicted octanol–water partition coefficient (Wildman–Crippen LogP) is 2.40. The fourth-order valence-electron chi connectivity index (χ4n) is 3.36. The van der Waals surface area contributed by atoms with Crippen molar-refractivity contribution < 1.29 is 19.2 Å².